The Morgan fingerprint density at radius 1 is 1.19 bits per heavy atom. The van der Waals surface area contributed by atoms with Crippen LogP contribution in [0.15, 0.2) is 24.3 Å². The van der Waals surface area contributed by atoms with E-state index in [0.717, 1.165) is 11.3 Å². The Hall–Kier alpha value is -1.28. The number of ether oxygens (including phenoxy) is 2. The molecule has 0 aliphatic rings. The fraction of sp³-hybridized carbons (Fsp3) is 0.529. The number of hydrogen-bond donors (Lipinski definition) is 1. The maximum atomic E-state index is 9.35. The number of aliphatic hydroxyl groups excluding tert-OH is 1. The van der Waals surface area contributed by atoms with Crippen molar-refractivity contribution in [2.45, 2.75) is 39.3 Å². The second kappa shape index (κ2) is 8.23. The monoisotopic (exact) mass is 306 g/mol. The predicted octanol–water partition coefficient (Wildman–Crippen LogP) is 3.09. The van der Waals surface area contributed by atoms with Crippen LogP contribution in [0.1, 0.15) is 12.5 Å². The lowest BCUT2D eigenvalue weighted by Crippen LogP contribution is -2.25. The molecule has 0 aromatic heterocycles. The van der Waals surface area contributed by atoms with Crippen LogP contribution in [0, 0.1) is 17.4 Å². The molecule has 1 rings (SSSR count). The van der Waals surface area contributed by atoms with Crippen molar-refractivity contribution in [3.05, 3.63) is 29.8 Å². The van der Waals surface area contributed by atoms with Gasteiger partial charge >= 0.3 is 0 Å². The molecule has 21 heavy (non-hydrogen) atoms. The minimum atomic E-state index is -1.44. The molecule has 0 saturated heterocycles. The Balaban J connectivity index is 2.69. The Morgan fingerprint density at radius 2 is 1.81 bits per heavy atom. The highest BCUT2D eigenvalue weighted by Gasteiger charge is 2.16. The van der Waals surface area contributed by atoms with Gasteiger partial charge in [0.05, 0.1) is 13.7 Å². The van der Waals surface area contributed by atoms with Gasteiger partial charge in [-0.15, -0.1) is 5.54 Å². The summed E-state index contributed by atoms with van der Waals surface area (Å²) >= 11 is 0. The lowest BCUT2D eigenvalue weighted by atomic mass is 10.1. The molecule has 1 aromatic rings. The molecule has 0 amide bonds. The zero-order chi connectivity index (χ0) is 15.9. The first-order valence-electron chi connectivity index (χ1n) is 7.24. The van der Waals surface area contributed by atoms with Crippen molar-refractivity contribution in [2.24, 2.45) is 5.92 Å². The van der Waals surface area contributed by atoms with E-state index in [1.807, 2.05) is 31.2 Å². The van der Waals surface area contributed by atoms with E-state index >= 15 is 0 Å². The molecule has 1 aromatic carbocycles. The van der Waals surface area contributed by atoms with Gasteiger partial charge in [0.25, 0.3) is 0 Å². The summed E-state index contributed by atoms with van der Waals surface area (Å²) in [5, 5.41) is 9.35. The summed E-state index contributed by atoms with van der Waals surface area (Å²) in [6, 6.07) is 7.78. The lowest BCUT2D eigenvalue weighted by molar-refractivity contribution is 0.0254. The minimum absolute atomic E-state index is 0.00657. The molecule has 3 nitrogen and oxygen atoms in total. The second-order valence-electron chi connectivity index (χ2n) is 6.26. The maximum Gasteiger partial charge on any atom is 0.129 e. The van der Waals surface area contributed by atoms with E-state index in [2.05, 4.69) is 31.1 Å². The van der Waals surface area contributed by atoms with E-state index in [-0.39, 0.29) is 18.6 Å². The number of methoxy groups -OCH3 is 1. The van der Waals surface area contributed by atoms with Crippen molar-refractivity contribution in [3.8, 4) is 17.2 Å². The molecule has 0 radical (unpaired) electrons. The highest BCUT2D eigenvalue weighted by Crippen LogP contribution is 2.14. The Kier molecular flexibility index (Phi) is 6.96. The predicted molar refractivity (Wildman–Crippen MR) is 88.9 cm³/mol. The fourth-order valence-electron chi connectivity index (χ4n) is 1.64. The molecule has 2 atom stereocenters. The number of hydrogen-bond acceptors (Lipinski definition) is 3. The first kappa shape index (κ1) is 17.8. The van der Waals surface area contributed by atoms with E-state index in [0.29, 0.717) is 6.61 Å². The summed E-state index contributed by atoms with van der Waals surface area (Å²) in [6.45, 7) is 9.11. The molecule has 4 heteroatoms. The summed E-state index contributed by atoms with van der Waals surface area (Å²) in [5.41, 5.74) is 4.39. The molecule has 2 unspecified atom stereocenters. The summed E-state index contributed by atoms with van der Waals surface area (Å²) in [5.74, 6) is 4.05. The van der Waals surface area contributed by atoms with Crippen molar-refractivity contribution in [1.82, 2.24) is 0 Å². The van der Waals surface area contributed by atoms with Gasteiger partial charge in [0.2, 0.25) is 0 Å². The van der Waals surface area contributed by atoms with Crippen LogP contribution in [0.2, 0.25) is 19.6 Å². The quantitative estimate of drug-likeness (QED) is 0.648. The summed E-state index contributed by atoms with van der Waals surface area (Å²) in [6.07, 6.45) is -0.233. The van der Waals surface area contributed by atoms with E-state index in [1.54, 1.807) is 7.11 Å². The van der Waals surface area contributed by atoms with Crippen molar-refractivity contribution in [1.29, 1.82) is 0 Å². The maximum absolute atomic E-state index is 9.35. The van der Waals surface area contributed by atoms with Gasteiger partial charge in [-0.1, -0.05) is 44.6 Å². The van der Waals surface area contributed by atoms with Crippen molar-refractivity contribution in [2.75, 3.05) is 13.7 Å². The molecule has 116 valence electrons. The molecule has 0 spiro atoms. The Bertz CT molecular complexity index is 479. The molecule has 0 aliphatic heterocycles. The van der Waals surface area contributed by atoms with Crippen LogP contribution in [0.25, 0.3) is 0 Å². The van der Waals surface area contributed by atoms with Crippen LogP contribution in [0.5, 0.6) is 5.75 Å². The number of aliphatic hydroxyl groups is 1. The van der Waals surface area contributed by atoms with Gasteiger partial charge < -0.3 is 14.6 Å². The van der Waals surface area contributed by atoms with Crippen LogP contribution in [0.3, 0.4) is 0 Å². The third kappa shape index (κ3) is 6.81. The van der Waals surface area contributed by atoms with Crippen molar-refractivity contribution >= 4 is 8.07 Å². The first-order valence-corrected chi connectivity index (χ1v) is 10.7. The molecule has 0 aliphatic carbocycles. The molecule has 0 fully saturated rings. The van der Waals surface area contributed by atoms with E-state index in [9.17, 15) is 5.11 Å². The normalized spacial score (nSPS) is 14.0. The average molecular weight is 306 g/mol. The topological polar surface area (TPSA) is 38.7 Å². The zero-order valence-electron chi connectivity index (χ0n) is 13.6. The SMILES string of the molecule is COc1ccc(COC(C#C[Si](C)(C)C)C(C)CO)cc1. The van der Waals surface area contributed by atoms with Gasteiger partial charge in [0.15, 0.2) is 0 Å². The van der Waals surface area contributed by atoms with Crippen LogP contribution in [-0.4, -0.2) is 33.0 Å². The zero-order valence-corrected chi connectivity index (χ0v) is 14.6. The molecule has 0 bridgehead atoms. The van der Waals surface area contributed by atoms with Crippen LogP contribution < -0.4 is 4.74 Å². The Labute approximate surface area is 129 Å². The molecular formula is C17H26O3Si. The van der Waals surface area contributed by atoms with E-state index in [1.165, 1.54) is 0 Å². The van der Waals surface area contributed by atoms with Gasteiger partial charge in [-0.3, -0.25) is 0 Å². The molecular weight excluding hydrogens is 280 g/mol. The van der Waals surface area contributed by atoms with Crippen LogP contribution in [0.4, 0.5) is 0 Å². The second-order valence-corrected chi connectivity index (χ2v) is 11.0. The van der Waals surface area contributed by atoms with Crippen molar-refractivity contribution < 1.29 is 14.6 Å². The fourth-order valence-corrected chi connectivity index (χ4v) is 2.21. The van der Waals surface area contributed by atoms with Gasteiger partial charge in [-0.05, 0) is 17.7 Å². The van der Waals surface area contributed by atoms with Crippen LogP contribution in [-0.2, 0) is 11.3 Å². The van der Waals surface area contributed by atoms with E-state index < -0.39 is 8.07 Å². The lowest BCUT2D eigenvalue weighted by Gasteiger charge is -2.18. The largest absolute Gasteiger partial charge is 0.497 e. The molecule has 0 saturated carbocycles. The average Bonchev–Trinajstić information content (AvgIpc) is 2.46. The summed E-state index contributed by atoms with van der Waals surface area (Å²) in [7, 11) is 0.211. The number of benzene rings is 1. The van der Waals surface area contributed by atoms with Gasteiger partial charge in [-0.25, -0.2) is 0 Å². The Morgan fingerprint density at radius 3 is 2.29 bits per heavy atom. The third-order valence-corrected chi connectivity index (χ3v) is 3.88. The van der Waals surface area contributed by atoms with Gasteiger partial charge in [0.1, 0.15) is 19.9 Å². The summed E-state index contributed by atoms with van der Waals surface area (Å²) in [4.78, 5) is 0. The highest BCUT2D eigenvalue weighted by molar-refractivity contribution is 6.83. The van der Waals surface area contributed by atoms with Gasteiger partial charge in [0, 0.05) is 12.5 Å². The molecule has 0 heterocycles. The standard InChI is InChI=1S/C17H26O3Si/c1-14(12-18)17(10-11-21(3,4)5)20-13-15-6-8-16(19-2)9-7-15/h6-9,14,17-18H,12-13H2,1-5H3. The third-order valence-electron chi connectivity index (χ3n) is 2.98. The first-order chi connectivity index (χ1) is 9.85. The summed E-state index contributed by atoms with van der Waals surface area (Å²) < 4.78 is 11.0. The minimum Gasteiger partial charge on any atom is -0.497 e. The van der Waals surface area contributed by atoms with Crippen molar-refractivity contribution in [3.63, 3.8) is 0 Å². The highest BCUT2D eigenvalue weighted by atomic mass is 28.3. The van der Waals surface area contributed by atoms with Crippen LogP contribution >= 0.6 is 0 Å². The van der Waals surface area contributed by atoms with Gasteiger partial charge in [-0.2, -0.15) is 0 Å². The number of rotatable bonds is 6. The van der Waals surface area contributed by atoms with E-state index in [4.69, 9.17) is 9.47 Å². The smallest absolute Gasteiger partial charge is 0.129 e. The molecule has 1 N–H and O–H groups in total.